The van der Waals surface area contributed by atoms with Gasteiger partial charge in [-0.1, -0.05) is 12.8 Å². The summed E-state index contributed by atoms with van der Waals surface area (Å²) in [6.45, 7) is 2.54. The molecule has 1 aliphatic carbocycles. The van der Waals surface area contributed by atoms with Gasteiger partial charge >= 0.3 is 0 Å². The van der Waals surface area contributed by atoms with Crippen molar-refractivity contribution in [1.82, 2.24) is 15.1 Å². The fourth-order valence-corrected chi connectivity index (χ4v) is 2.24. The molecule has 0 radical (unpaired) electrons. The van der Waals surface area contributed by atoms with Crippen LogP contribution in [0.15, 0.2) is 12.4 Å². The first-order valence-corrected chi connectivity index (χ1v) is 6.13. The molecular weight excluding hydrogens is 202 g/mol. The predicted molar refractivity (Wildman–Crippen MR) is 63.3 cm³/mol. The van der Waals surface area contributed by atoms with Crippen molar-refractivity contribution in [1.29, 1.82) is 0 Å². The Hall–Kier alpha value is -0.870. The summed E-state index contributed by atoms with van der Waals surface area (Å²) in [4.78, 5) is 0. The SMILES string of the molecule is COCCNCc1cnn(C2CCCC2)c1. The highest BCUT2D eigenvalue weighted by Crippen LogP contribution is 2.28. The molecule has 16 heavy (non-hydrogen) atoms. The van der Waals surface area contributed by atoms with Crippen LogP contribution >= 0.6 is 0 Å². The van der Waals surface area contributed by atoms with Crippen LogP contribution in [0.1, 0.15) is 37.3 Å². The van der Waals surface area contributed by atoms with Crippen molar-refractivity contribution in [3.05, 3.63) is 18.0 Å². The van der Waals surface area contributed by atoms with Crippen molar-refractivity contribution in [2.75, 3.05) is 20.3 Å². The second kappa shape index (κ2) is 6.01. The molecule has 2 rings (SSSR count). The summed E-state index contributed by atoms with van der Waals surface area (Å²) < 4.78 is 7.12. The van der Waals surface area contributed by atoms with E-state index in [2.05, 4.69) is 21.3 Å². The molecule has 1 heterocycles. The van der Waals surface area contributed by atoms with Crippen molar-refractivity contribution in [2.24, 2.45) is 0 Å². The molecule has 1 aliphatic rings. The van der Waals surface area contributed by atoms with E-state index in [9.17, 15) is 0 Å². The van der Waals surface area contributed by atoms with Gasteiger partial charge < -0.3 is 10.1 Å². The third-order valence-electron chi connectivity index (χ3n) is 3.17. The van der Waals surface area contributed by atoms with Crippen LogP contribution in [0.25, 0.3) is 0 Å². The first kappa shape index (κ1) is 11.6. The van der Waals surface area contributed by atoms with Crippen LogP contribution in [0.3, 0.4) is 0 Å². The molecule has 1 aromatic heterocycles. The number of methoxy groups -OCH3 is 1. The van der Waals surface area contributed by atoms with E-state index in [0.29, 0.717) is 6.04 Å². The zero-order valence-corrected chi connectivity index (χ0v) is 9.98. The smallest absolute Gasteiger partial charge is 0.0587 e. The molecule has 0 saturated heterocycles. The van der Waals surface area contributed by atoms with E-state index in [-0.39, 0.29) is 0 Å². The second-order valence-corrected chi connectivity index (χ2v) is 4.44. The zero-order valence-electron chi connectivity index (χ0n) is 9.98. The normalized spacial score (nSPS) is 17.1. The Morgan fingerprint density at radius 2 is 2.31 bits per heavy atom. The van der Waals surface area contributed by atoms with Crippen molar-refractivity contribution in [3.8, 4) is 0 Å². The van der Waals surface area contributed by atoms with E-state index in [0.717, 1.165) is 19.7 Å². The number of rotatable bonds is 6. The summed E-state index contributed by atoms with van der Waals surface area (Å²) >= 11 is 0. The first-order chi connectivity index (χ1) is 7.90. The number of nitrogens with zero attached hydrogens (tertiary/aromatic N) is 2. The van der Waals surface area contributed by atoms with E-state index in [1.54, 1.807) is 7.11 Å². The second-order valence-electron chi connectivity index (χ2n) is 4.44. The van der Waals surface area contributed by atoms with E-state index in [4.69, 9.17) is 4.74 Å². The Balaban J connectivity index is 1.77. The van der Waals surface area contributed by atoms with Crippen molar-refractivity contribution < 1.29 is 4.74 Å². The van der Waals surface area contributed by atoms with Crippen molar-refractivity contribution in [3.63, 3.8) is 0 Å². The molecule has 90 valence electrons. The van der Waals surface area contributed by atoms with Crippen LogP contribution in [0, 0.1) is 0 Å². The van der Waals surface area contributed by atoms with Gasteiger partial charge in [-0.15, -0.1) is 0 Å². The number of hydrogen-bond acceptors (Lipinski definition) is 3. The quantitative estimate of drug-likeness (QED) is 0.747. The molecule has 0 aliphatic heterocycles. The molecule has 1 saturated carbocycles. The molecular formula is C12H21N3O. The standard InChI is InChI=1S/C12H21N3O/c1-16-7-6-13-8-11-9-14-15(10-11)12-4-2-3-5-12/h9-10,12-13H,2-8H2,1H3. The van der Waals surface area contributed by atoms with Gasteiger partial charge in [0.15, 0.2) is 0 Å². The number of nitrogens with one attached hydrogen (secondary N) is 1. The molecule has 4 nitrogen and oxygen atoms in total. The minimum absolute atomic E-state index is 0.646. The van der Waals surface area contributed by atoms with E-state index in [1.165, 1.54) is 31.2 Å². The van der Waals surface area contributed by atoms with Crippen LogP contribution in [-0.4, -0.2) is 30.0 Å². The Labute approximate surface area is 97.0 Å². The van der Waals surface area contributed by atoms with Crippen LogP contribution in [0.2, 0.25) is 0 Å². The van der Waals surface area contributed by atoms with Crippen LogP contribution in [0.5, 0.6) is 0 Å². The number of ether oxygens (including phenoxy) is 1. The highest BCUT2D eigenvalue weighted by Gasteiger charge is 2.17. The Bertz CT molecular complexity index is 305. The summed E-state index contributed by atoms with van der Waals surface area (Å²) in [7, 11) is 1.72. The molecule has 1 fully saturated rings. The topological polar surface area (TPSA) is 39.1 Å². The van der Waals surface area contributed by atoms with Gasteiger partial charge in [0, 0.05) is 32.0 Å². The molecule has 1 N–H and O–H groups in total. The highest BCUT2D eigenvalue weighted by atomic mass is 16.5. The fraction of sp³-hybridized carbons (Fsp3) is 0.750. The highest BCUT2D eigenvalue weighted by molar-refractivity contribution is 5.04. The lowest BCUT2D eigenvalue weighted by atomic mass is 10.2. The summed E-state index contributed by atoms with van der Waals surface area (Å²) in [6.07, 6.45) is 9.43. The van der Waals surface area contributed by atoms with Crippen LogP contribution in [0.4, 0.5) is 0 Å². The average Bonchev–Trinajstić information content (AvgIpc) is 2.94. The summed E-state index contributed by atoms with van der Waals surface area (Å²) in [5.41, 5.74) is 1.27. The van der Waals surface area contributed by atoms with E-state index >= 15 is 0 Å². The third kappa shape index (κ3) is 3.06. The lowest BCUT2D eigenvalue weighted by Gasteiger charge is -2.08. The maximum absolute atomic E-state index is 4.98. The first-order valence-electron chi connectivity index (χ1n) is 6.13. The number of aromatic nitrogens is 2. The summed E-state index contributed by atoms with van der Waals surface area (Å²) in [5, 5.41) is 7.77. The molecule has 0 spiro atoms. The molecule has 0 unspecified atom stereocenters. The van der Waals surface area contributed by atoms with Crippen molar-refractivity contribution >= 4 is 0 Å². The minimum atomic E-state index is 0.646. The summed E-state index contributed by atoms with van der Waals surface area (Å²) in [6, 6.07) is 0.646. The Morgan fingerprint density at radius 1 is 1.50 bits per heavy atom. The monoisotopic (exact) mass is 223 g/mol. The van der Waals surface area contributed by atoms with Gasteiger partial charge in [0.25, 0.3) is 0 Å². The molecule has 0 amide bonds. The molecule has 0 bridgehead atoms. The van der Waals surface area contributed by atoms with E-state index in [1.807, 2.05) is 6.20 Å². The summed E-state index contributed by atoms with van der Waals surface area (Å²) in [5.74, 6) is 0. The van der Waals surface area contributed by atoms with Crippen LogP contribution in [-0.2, 0) is 11.3 Å². The fourth-order valence-electron chi connectivity index (χ4n) is 2.24. The molecule has 1 aromatic rings. The van der Waals surface area contributed by atoms with Crippen molar-refractivity contribution in [2.45, 2.75) is 38.3 Å². The molecule has 0 atom stereocenters. The maximum atomic E-state index is 4.98. The van der Waals surface area contributed by atoms with Gasteiger partial charge in [-0.2, -0.15) is 5.10 Å². The average molecular weight is 223 g/mol. The van der Waals surface area contributed by atoms with Gasteiger partial charge in [-0.25, -0.2) is 0 Å². The van der Waals surface area contributed by atoms with Gasteiger partial charge in [0.2, 0.25) is 0 Å². The van der Waals surface area contributed by atoms with Crippen LogP contribution < -0.4 is 5.32 Å². The van der Waals surface area contributed by atoms with Gasteiger partial charge in [0.1, 0.15) is 0 Å². The number of hydrogen-bond donors (Lipinski definition) is 1. The third-order valence-corrected chi connectivity index (χ3v) is 3.17. The molecule has 0 aromatic carbocycles. The lowest BCUT2D eigenvalue weighted by molar-refractivity contribution is 0.199. The largest absolute Gasteiger partial charge is 0.383 e. The predicted octanol–water partition coefficient (Wildman–Crippen LogP) is 1.73. The lowest BCUT2D eigenvalue weighted by Crippen LogP contribution is -2.18. The van der Waals surface area contributed by atoms with Gasteiger partial charge in [-0.3, -0.25) is 4.68 Å². The zero-order chi connectivity index (χ0) is 11.2. The minimum Gasteiger partial charge on any atom is -0.383 e. The Morgan fingerprint density at radius 3 is 3.06 bits per heavy atom. The van der Waals surface area contributed by atoms with Gasteiger partial charge in [0.05, 0.1) is 18.8 Å². The Kier molecular flexibility index (Phi) is 4.36. The molecule has 4 heteroatoms. The maximum Gasteiger partial charge on any atom is 0.0587 e. The van der Waals surface area contributed by atoms with Gasteiger partial charge in [-0.05, 0) is 12.8 Å². The van der Waals surface area contributed by atoms with E-state index < -0.39 is 0 Å².